The van der Waals surface area contributed by atoms with E-state index in [9.17, 15) is 13.5 Å². The average molecular weight is 488 g/mol. The molecule has 0 radical (unpaired) electrons. The van der Waals surface area contributed by atoms with Gasteiger partial charge in [0.1, 0.15) is 0 Å². The van der Waals surface area contributed by atoms with Gasteiger partial charge in [0.05, 0.1) is 43.7 Å². The van der Waals surface area contributed by atoms with Crippen LogP contribution in [-0.2, 0) is 47.7 Å². The molecule has 0 bridgehead atoms. The Balaban J connectivity index is 1.45. The van der Waals surface area contributed by atoms with Crippen LogP contribution in [-0.4, -0.2) is 68.5 Å². The maximum absolute atomic E-state index is 13.4. The zero-order valence-corrected chi connectivity index (χ0v) is 20.5. The Bertz CT molecular complexity index is 1180. The smallest absolute Gasteiger partial charge is 0.345 e. The van der Waals surface area contributed by atoms with Crippen LogP contribution in [0.1, 0.15) is 35.1 Å². The molecule has 3 aliphatic rings. The van der Waals surface area contributed by atoms with Gasteiger partial charge in [0, 0.05) is 25.5 Å². The lowest BCUT2D eigenvalue weighted by atomic mass is 9.99. The van der Waals surface area contributed by atoms with Gasteiger partial charge in [-0.2, -0.15) is 13.5 Å². The van der Waals surface area contributed by atoms with E-state index in [0.717, 1.165) is 59.6 Å². The molecular weight excluding hydrogens is 456 g/mol. The first-order valence-corrected chi connectivity index (χ1v) is 13.2. The molecule has 1 fully saturated rings. The Labute approximate surface area is 200 Å². The summed E-state index contributed by atoms with van der Waals surface area (Å²) in [6.07, 6.45) is 8.92. The largest absolute Gasteiger partial charge is 0.845 e. The predicted octanol–water partition coefficient (Wildman–Crippen LogP) is 0.608. The van der Waals surface area contributed by atoms with Crippen molar-refractivity contribution in [2.45, 2.75) is 44.6 Å². The Morgan fingerprint density at radius 1 is 1.24 bits per heavy atom. The van der Waals surface area contributed by atoms with Gasteiger partial charge in [-0.15, -0.1) is 4.40 Å². The average Bonchev–Trinajstić information content (AvgIpc) is 3.53. The van der Waals surface area contributed by atoms with E-state index in [1.54, 1.807) is 13.2 Å². The van der Waals surface area contributed by atoms with Crippen LogP contribution in [0, 0.1) is 0 Å². The first-order valence-electron chi connectivity index (χ1n) is 11.8. The molecule has 1 aromatic carbocycles. The standard InChI is InChI=1S/C23H32N6O4S/c1-27-9-10-33-15-19(27)14-29(18-12-24-28(2)13-18)34(31,32)26-23(30)25-22-20-7-3-5-16(20)11-17-6-4-8-21(17)22/h11-13,19H,3-10,14-15H2,1-2H3,(H2,25,26,30)/p-1. The lowest BCUT2D eigenvalue weighted by Crippen LogP contribution is -2.50. The number of amidine groups is 1. The second-order valence-electron chi connectivity index (χ2n) is 9.35. The minimum absolute atomic E-state index is 0.109. The van der Waals surface area contributed by atoms with Gasteiger partial charge in [0.25, 0.3) is 0 Å². The molecule has 11 heteroatoms. The van der Waals surface area contributed by atoms with Crippen LogP contribution in [0.15, 0.2) is 22.9 Å². The van der Waals surface area contributed by atoms with Crippen LogP contribution in [0.4, 0.5) is 11.4 Å². The number of anilines is 2. The SMILES string of the molecule is CN1CCOCC1CN(c1cnn(C)c1)S(=O)(=O)/N=C(\[O-])Nc1c2c(cc3c1CCC3)CCC2. The van der Waals surface area contributed by atoms with Gasteiger partial charge in [-0.25, -0.2) is 4.31 Å². The third kappa shape index (κ3) is 4.51. The van der Waals surface area contributed by atoms with Crippen molar-refractivity contribution in [3.63, 3.8) is 0 Å². The monoisotopic (exact) mass is 487 g/mol. The molecule has 2 aliphatic carbocycles. The van der Waals surface area contributed by atoms with E-state index in [4.69, 9.17) is 4.74 Å². The fourth-order valence-corrected chi connectivity index (χ4v) is 6.32. The minimum Gasteiger partial charge on any atom is -0.845 e. The molecule has 5 rings (SSSR count). The summed E-state index contributed by atoms with van der Waals surface area (Å²) in [6, 6.07) is 1.24. The molecule has 1 unspecified atom stereocenters. The van der Waals surface area contributed by atoms with Gasteiger partial charge in [-0.1, -0.05) is 6.07 Å². The Hall–Kier alpha value is -2.63. The summed E-state index contributed by atoms with van der Waals surface area (Å²) in [5, 5.41) is 20.0. The van der Waals surface area contributed by atoms with E-state index < -0.39 is 16.2 Å². The van der Waals surface area contributed by atoms with Gasteiger partial charge in [-0.05, 0) is 67.8 Å². The summed E-state index contributed by atoms with van der Waals surface area (Å²) >= 11 is 0. The molecule has 0 amide bonds. The topological polar surface area (TPSA) is 115 Å². The van der Waals surface area contributed by atoms with E-state index in [-0.39, 0.29) is 12.6 Å². The highest BCUT2D eigenvalue weighted by atomic mass is 32.2. The first-order chi connectivity index (χ1) is 16.3. The number of nitrogens with zero attached hydrogens (tertiary/aromatic N) is 5. The number of hydrogen-bond donors (Lipinski definition) is 1. The zero-order valence-electron chi connectivity index (χ0n) is 19.7. The first kappa shape index (κ1) is 23.1. The summed E-state index contributed by atoms with van der Waals surface area (Å²) in [4.78, 5) is 2.05. The van der Waals surface area contributed by atoms with Crippen LogP contribution >= 0.6 is 0 Å². The molecule has 1 N–H and O–H groups in total. The van der Waals surface area contributed by atoms with Crippen molar-refractivity contribution in [2.24, 2.45) is 11.4 Å². The Morgan fingerprint density at radius 3 is 2.56 bits per heavy atom. The van der Waals surface area contributed by atoms with Crippen molar-refractivity contribution in [3.05, 3.63) is 40.7 Å². The highest BCUT2D eigenvalue weighted by Crippen LogP contribution is 2.38. The normalized spacial score (nSPS) is 20.9. The molecule has 1 aliphatic heterocycles. The molecular formula is C23H31N6O4S-. The number of ether oxygens (including phenoxy) is 1. The van der Waals surface area contributed by atoms with Gasteiger partial charge < -0.3 is 15.2 Å². The fourth-order valence-electron chi connectivity index (χ4n) is 5.24. The minimum atomic E-state index is -4.32. The molecule has 2 aromatic rings. The van der Waals surface area contributed by atoms with Crippen LogP contribution in [0.5, 0.6) is 0 Å². The number of aromatic nitrogens is 2. The number of fused-ring (bicyclic) bond motifs is 2. The number of hydrogen-bond acceptors (Lipinski definition) is 6. The second-order valence-corrected chi connectivity index (χ2v) is 10.9. The van der Waals surface area contributed by atoms with Crippen molar-refractivity contribution in [3.8, 4) is 0 Å². The number of likely N-dealkylation sites (N-methyl/N-ethyl adjacent to an activating group) is 1. The summed E-state index contributed by atoms with van der Waals surface area (Å²) in [6.45, 7) is 1.81. The third-order valence-corrected chi connectivity index (χ3v) is 8.37. The Kier molecular flexibility index (Phi) is 6.26. The number of morpholine rings is 1. The van der Waals surface area contributed by atoms with E-state index >= 15 is 0 Å². The highest BCUT2D eigenvalue weighted by Gasteiger charge is 2.30. The van der Waals surface area contributed by atoms with Gasteiger partial charge in [0.2, 0.25) is 0 Å². The second kappa shape index (κ2) is 9.20. The molecule has 0 saturated carbocycles. The summed E-state index contributed by atoms with van der Waals surface area (Å²) < 4.78 is 38.7. The number of rotatable bonds is 6. The van der Waals surface area contributed by atoms with Crippen LogP contribution in [0.3, 0.4) is 0 Å². The molecule has 2 heterocycles. The van der Waals surface area contributed by atoms with E-state index in [1.807, 2.05) is 7.05 Å². The number of aryl methyl sites for hydroxylation is 3. The highest BCUT2D eigenvalue weighted by molar-refractivity contribution is 7.91. The van der Waals surface area contributed by atoms with Crippen molar-refractivity contribution in [2.75, 3.05) is 43.0 Å². The molecule has 1 saturated heterocycles. The zero-order chi connectivity index (χ0) is 23.9. The molecule has 1 aromatic heterocycles. The molecule has 34 heavy (non-hydrogen) atoms. The fraction of sp³-hybridized carbons (Fsp3) is 0.565. The van der Waals surface area contributed by atoms with E-state index in [2.05, 4.69) is 25.8 Å². The van der Waals surface area contributed by atoms with Crippen LogP contribution in [0.2, 0.25) is 0 Å². The number of nitrogens with one attached hydrogen (secondary N) is 1. The van der Waals surface area contributed by atoms with Gasteiger partial charge >= 0.3 is 10.2 Å². The molecule has 184 valence electrons. The van der Waals surface area contributed by atoms with Crippen molar-refractivity contribution in [1.29, 1.82) is 0 Å². The van der Waals surface area contributed by atoms with Crippen molar-refractivity contribution < 1.29 is 18.3 Å². The van der Waals surface area contributed by atoms with E-state index in [1.165, 1.54) is 22.0 Å². The quantitative estimate of drug-likeness (QED) is 0.469. The number of benzene rings is 1. The van der Waals surface area contributed by atoms with Crippen molar-refractivity contribution >= 4 is 27.6 Å². The Morgan fingerprint density at radius 2 is 1.94 bits per heavy atom. The molecule has 10 nitrogen and oxygen atoms in total. The van der Waals surface area contributed by atoms with Gasteiger partial charge in [0.15, 0.2) is 0 Å². The maximum Gasteiger partial charge on any atom is 0.345 e. The van der Waals surface area contributed by atoms with Crippen LogP contribution in [0.25, 0.3) is 0 Å². The van der Waals surface area contributed by atoms with E-state index in [0.29, 0.717) is 25.4 Å². The molecule has 0 spiro atoms. The summed E-state index contributed by atoms with van der Waals surface area (Å²) in [7, 11) is -0.677. The lowest BCUT2D eigenvalue weighted by Gasteiger charge is -2.35. The summed E-state index contributed by atoms with van der Waals surface area (Å²) in [5.74, 6) is 0. The van der Waals surface area contributed by atoms with Crippen molar-refractivity contribution in [1.82, 2.24) is 14.7 Å². The summed E-state index contributed by atoms with van der Waals surface area (Å²) in [5.41, 5.74) is 5.92. The lowest BCUT2D eigenvalue weighted by molar-refractivity contribution is -0.213. The van der Waals surface area contributed by atoms with Gasteiger partial charge in [-0.3, -0.25) is 9.58 Å². The maximum atomic E-state index is 13.4. The van der Waals surface area contributed by atoms with Crippen LogP contribution < -0.4 is 14.7 Å². The predicted molar refractivity (Wildman–Crippen MR) is 128 cm³/mol. The third-order valence-electron chi connectivity index (χ3n) is 7.06. The molecule has 1 atom stereocenters.